The van der Waals surface area contributed by atoms with Crippen molar-refractivity contribution in [2.45, 2.75) is 13.8 Å². The predicted octanol–water partition coefficient (Wildman–Crippen LogP) is 4.31. The summed E-state index contributed by atoms with van der Waals surface area (Å²) in [4.78, 5) is 0. The van der Waals surface area contributed by atoms with Crippen molar-refractivity contribution in [3.8, 4) is 5.75 Å². The summed E-state index contributed by atoms with van der Waals surface area (Å²) < 4.78 is 32.0. The van der Waals surface area contributed by atoms with E-state index in [2.05, 4.69) is 42.4 Å². The Morgan fingerprint density at radius 1 is 1.35 bits per heavy atom. The second-order valence-corrected chi connectivity index (χ2v) is 5.42. The highest BCUT2D eigenvalue weighted by Gasteiger charge is 2.16. The number of hydrogen-bond donors (Lipinski definition) is 1. The minimum atomic E-state index is -0.696. The molecule has 1 nitrogen and oxygen atoms in total. The molecule has 96 valence electrons. The van der Waals surface area contributed by atoms with Gasteiger partial charge in [-0.25, -0.2) is 8.78 Å². The van der Waals surface area contributed by atoms with Gasteiger partial charge in [0.25, 0.3) is 0 Å². The zero-order valence-electron chi connectivity index (χ0n) is 9.71. The fraction of sp³-hybridized carbons (Fsp3) is 0.500. The summed E-state index contributed by atoms with van der Waals surface area (Å²) in [5, 5.41) is 0. The Hall–Kier alpha value is -0.290. The Labute approximate surface area is 114 Å². The Morgan fingerprint density at radius 2 is 2.00 bits per heavy atom. The van der Waals surface area contributed by atoms with Gasteiger partial charge in [0.1, 0.15) is 5.82 Å². The third-order valence-corrected chi connectivity index (χ3v) is 3.64. The van der Waals surface area contributed by atoms with E-state index in [1.54, 1.807) is 0 Å². The molecule has 0 fully saturated rings. The van der Waals surface area contributed by atoms with Gasteiger partial charge in [0.05, 0.1) is 11.1 Å². The molecule has 1 aromatic carbocycles. The average molecular weight is 325 g/mol. The van der Waals surface area contributed by atoms with Crippen LogP contribution in [0.3, 0.4) is 0 Å². The summed E-state index contributed by atoms with van der Waals surface area (Å²) in [6, 6.07) is 1.99. The Bertz CT molecular complexity index is 362. The van der Waals surface area contributed by atoms with Crippen molar-refractivity contribution in [3.05, 3.63) is 28.2 Å². The van der Waals surface area contributed by atoms with Crippen LogP contribution in [0.15, 0.2) is 16.6 Å². The molecule has 0 aliphatic heterocycles. The van der Waals surface area contributed by atoms with Crippen LogP contribution in [0.2, 0.25) is 0 Å². The monoisotopic (exact) mass is 324 g/mol. The van der Waals surface area contributed by atoms with Crippen LogP contribution in [0.4, 0.5) is 8.78 Å². The average Bonchev–Trinajstić information content (AvgIpc) is 2.21. The Balaban J connectivity index is 2.75. The number of thiol groups is 1. The molecule has 0 aliphatic carbocycles. The van der Waals surface area contributed by atoms with Crippen LogP contribution in [0.25, 0.3) is 0 Å². The summed E-state index contributed by atoms with van der Waals surface area (Å²) in [5.41, 5.74) is 0. The molecule has 0 amide bonds. The van der Waals surface area contributed by atoms with E-state index in [4.69, 9.17) is 4.74 Å². The topological polar surface area (TPSA) is 9.23 Å². The molecule has 0 N–H and O–H groups in total. The van der Waals surface area contributed by atoms with Gasteiger partial charge in [-0.15, -0.1) is 0 Å². The summed E-state index contributed by atoms with van der Waals surface area (Å²) in [7, 11) is 0. The molecule has 0 aliphatic rings. The zero-order chi connectivity index (χ0) is 13.0. The van der Waals surface area contributed by atoms with E-state index in [1.165, 1.54) is 6.07 Å². The number of benzene rings is 1. The lowest BCUT2D eigenvalue weighted by atomic mass is 9.99. The molecule has 1 unspecified atom stereocenters. The first kappa shape index (κ1) is 14.8. The van der Waals surface area contributed by atoms with E-state index in [1.807, 2.05) is 0 Å². The smallest absolute Gasteiger partial charge is 0.169 e. The summed E-state index contributed by atoms with van der Waals surface area (Å²) in [5.74, 6) is 0.0242. The van der Waals surface area contributed by atoms with E-state index < -0.39 is 11.6 Å². The van der Waals surface area contributed by atoms with Crippen molar-refractivity contribution < 1.29 is 13.5 Å². The van der Waals surface area contributed by atoms with Gasteiger partial charge in [-0.3, -0.25) is 0 Å². The molecular formula is C12H15BrF2OS. The largest absolute Gasteiger partial charge is 0.489 e. The lowest BCUT2D eigenvalue weighted by Gasteiger charge is -2.19. The van der Waals surface area contributed by atoms with Gasteiger partial charge in [-0.1, -0.05) is 13.8 Å². The molecule has 0 bridgehead atoms. The van der Waals surface area contributed by atoms with Crippen molar-refractivity contribution in [2.75, 3.05) is 12.4 Å². The first-order valence-corrected chi connectivity index (χ1v) is 6.76. The highest BCUT2D eigenvalue weighted by molar-refractivity contribution is 9.10. The first-order valence-electron chi connectivity index (χ1n) is 5.34. The van der Waals surface area contributed by atoms with Gasteiger partial charge in [-0.05, 0) is 33.7 Å². The number of rotatable bonds is 5. The summed E-state index contributed by atoms with van der Waals surface area (Å²) >= 11 is 7.31. The van der Waals surface area contributed by atoms with E-state index in [-0.39, 0.29) is 16.1 Å². The molecule has 1 aromatic rings. The third kappa shape index (κ3) is 4.14. The highest BCUT2D eigenvalue weighted by Crippen LogP contribution is 2.30. The van der Waals surface area contributed by atoms with E-state index in [0.29, 0.717) is 18.3 Å². The van der Waals surface area contributed by atoms with Crippen LogP contribution < -0.4 is 4.74 Å². The molecule has 1 atom stereocenters. The maximum atomic E-state index is 13.5. The minimum absolute atomic E-state index is 0.0545. The van der Waals surface area contributed by atoms with Crippen molar-refractivity contribution in [1.29, 1.82) is 0 Å². The third-order valence-electron chi connectivity index (χ3n) is 2.58. The van der Waals surface area contributed by atoms with Crippen LogP contribution in [0, 0.1) is 23.5 Å². The van der Waals surface area contributed by atoms with Crippen LogP contribution in [-0.2, 0) is 0 Å². The highest BCUT2D eigenvalue weighted by atomic mass is 79.9. The Kier molecular flexibility index (Phi) is 5.73. The normalized spacial score (nSPS) is 12.9. The molecule has 17 heavy (non-hydrogen) atoms. The maximum Gasteiger partial charge on any atom is 0.169 e. The van der Waals surface area contributed by atoms with Gasteiger partial charge in [-0.2, -0.15) is 12.6 Å². The van der Waals surface area contributed by atoms with E-state index in [9.17, 15) is 8.78 Å². The standard InChI is InChI=1S/C12H15BrF2OS/c1-7(2)8(6-17)5-16-12-10(13)3-9(14)4-11(12)15/h3-4,7-8,17H,5-6H2,1-2H3. The minimum Gasteiger partial charge on any atom is -0.489 e. The number of ether oxygens (including phenoxy) is 1. The van der Waals surface area contributed by atoms with E-state index >= 15 is 0 Å². The van der Waals surface area contributed by atoms with Crippen molar-refractivity contribution in [1.82, 2.24) is 0 Å². The second kappa shape index (κ2) is 6.59. The van der Waals surface area contributed by atoms with Crippen molar-refractivity contribution in [3.63, 3.8) is 0 Å². The molecule has 1 rings (SSSR count). The fourth-order valence-electron chi connectivity index (χ4n) is 1.31. The number of halogens is 3. The van der Waals surface area contributed by atoms with Gasteiger partial charge < -0.3 is 4.74 Å². The lowest BCUT2D eigenvalue weighted by Crippen LogP contribution is -2.20. The fourth-order valence-corrected chi connectivity index (χ4v) is 2.36. The SMILES string of the molecule is CC(C)C(CS)COc1c(F)cc(F)cc1Br. The van der Waals surface area contributed by atoms with Gasteiger partial charge in [0, 0.05) is 12.0 Å². The maximum absolute atomic E-state index is 13.5. The summed E-state index contributed by atoms with van der Waals surface area (Å²) in [6.45, 7) is 4.48. The summed E-state index contributed by atoms with van der Waals surface area (Å²) in [6.07, 6.45) is 0. The molecule has 0 saturated heterocycles. The first-order chi connectivity index (χ1) is 7.95. The van der Waals surface area contributed by atoms with Crippen LogP contribution in [-0.4, -0.2) is 12.4 Å². The van der Waals surface area contributed by atoms with Gasteiger partial charge in [0.15, 0.2) is 11.6 Å². The predicted molar refractivity (Wildman–Crippen MR) is 71.7 cm³/mol. The molecule has 5 heteroatoms. The molecular weight excluding hydrogens is 310 g/mol. The van der Waals surface area contributed by atoms with E-state index in [0.717, 1.165) is 6.07 Å². The molecule has 0 aromatic heterocycles. The molecule has 0 radical (unpaired) electrons. The Morgan fingerprint density at radius 3 is 2.47 bits per heavy atom. The van der Waals surface area contributed by atoms with Crippen molar-refractivity contribution in [2.24, 2.45) is 11.8 Å². The number of hydrogen-bond acceptors (Lipinski definition) is 2. The second-order valence-electron chi connectivity index (χ2n) is 4.20. The van der Waals surface area contributed by atoms with Crippen LogP contribution in [0.1, 0.15) is 13.8 Å². The van der Waals surface area contributed by atoms with Crippen LogP contribution >= 0.6 is 28.6 Å². The lowest BCUT2D eigenvalue weighted by molar-refractivity contribution is 0.217. The zero-order valence-corrected chi connectivity index (χ0v) is 12.2. The van der Waals surface area contributed by atoms with Crippen molar-refractivity contribution >= 4 is 28.6 Å². The molecule has 0 saturated carbocycles. The van der Waals surface area contributed by atoms with Crippen LogP contribution in [0.5, 0.6) is 5.75 Å². The molecule has 0 spiro atoms. The molecule has 0 heterocycles. The quantitative estimate of drug-likeness (QED) is 0.794. The van der Waals surface area contributed by atoms with Gasteiger partial charge >= 0.3 is 0 Å². The van der Waals surface area contributed by atoms with Gasteiger partial charge in [0.2, 0.25) is 0 Å².